The largest absolute Gasteiger partial charge is 0.456 e. The van der Waals surface area contributed by atoms with Crippen LogP contribution < -0.4 is 20.6 Å². The normalized spacial score (nSPS) is 14.0. The van der Waals surface area contributed by atoms with Crippen LogP contribution in [0.2, 0.25) is 0 Å². The van der Waals surface area contributed by atoms with Crippen LogP contribution >= 0.6 is 11.8 Å². The average molecular weight is 687 g/mol. The number of furan rings is 1. The number of hydrogen-bond acceptors (Lipinski definition) is 4. The first-order valence-corrected chi connectivity index (χ1v) is 18.9. The van der Waals surface area contributed by atoms with Gasteiger partial charge in [-0.2, -0.15) is 0 Å². The van der Waals surface area contributed by atoms with Gasteiger partial charge in [0.2, 0.25) is 0 Å². The van der Waals surface area contributed by atoms with Crippen molar-refractivity contribution in [1.82, 2.24) is 0 Å². The Morgan fingerprint density at radius 1 is 0.577 bits per heavy atom. The molecule has 3 aliphatic heterocycles. The SMILES string of the molecule is Cc1cc2c3c(c1)N(c1ccc(C(C)(C)C)cc1-c1ccccc1)c1ccc4oc5ccccc5c4c1B3N1c3ccccc3Sc3cccc-2c31. The lowest BCUT2D eigenvalue weighted by molar-refractivity contribution is 0.590. The van der Waals surface area contributed by atoms with Gasteiger partial charge in [0.1, 0.15) is 11.2 Å². The molecule has 0 spiro atoms. The van der Waals surface area contributed by atoms with Gasteiger partial charge < -0.3 is 14.1 Å². The lowest BCUT2D eigenvalue weighted by atomic mass is 9.42. The summed E-state index contributed by atoms with van der Waals surface area (Å²) in [6, 6.07) is 51.7. The number of nitrogens with zero attached hydrogens (tertiary/aromatic N) is 2. The van der Waals surface area contributed by atoms with Gasteiger partial charge in [-0.15, -0.1) is 0 Å². The number of rotatable bonds is 2. The molecule has 0 atom stereocenters. The van der Waals surface area contributed by atoms with Gasteiger partial charge >= 0.3 is 6.85 Å². The first kappa shape index (κ1) is 30.0. The first-order chi connectivity index (χ1) is 25.3. The molecule has 3 nitrogen and oxygen atoms in total. The van der Waals surface area contributed by atoms with E-state index >= 15 is 0 Å². The van der Waals surface area contributed by atoms with Crippen molar-refractivity contribution in [2.24, 2.45) is 0 Å². The summed E-state index contributed by atoms with van der Waals surface area (Å²) < 4.78 is 6.66. The Kier molecular flexibility index (Phi) is 6.17. The zero-order chi connectivity index (χ0) is 34.9. The van der Waals surface area contributed by atoms with Gasteiger partial charge in [-0.1, -0.05) is 117 Å². The Morgan fingerprint density at radius 2 is 1.35 bits per heavy atom. The molecule has 7 aromatic carbocycles. The van der Waals surface area contributed by atoms with Gasteiger partial charge in [0.05, 0.1) is 11.4 Å². The second-order valence-electron chi connectivity index (χ2n) is 15.4. The maximum absolute atomic E-state index is 6.66. The molecule has 8 aromatic rings. The minimum Gasteiger partial charge on any atom is -0.456 e. The van der Waals surface area contributed by atoms with Gasteiger partial charge in [0, 0.05) is 48.8 Å². The van der Waals surface area contributed by atoms with Crippen molar-refractivity contribution in [2.75, 3.05) is 9.71 Å². The van der Waals surface area contributed by atoms with E-state index in [9.17, 15) is 0 Å². The van der Waals surface area contributed by atoms with Crippen molar-refractivity contribution >= 4 is 79.9 Å². The molecular formula is C47H35BN2OS. The van der Waals surface area contributed by atoms with Crippen LogP contribution in [0.25, 0.3) is 44.2 Å². The van der Waals surface area contributed by atoms with Gasteiger partial charge in [-0.3, -0.25) is 0 Å². The summed E-state index contributed by atoms with van der Waals surface area (Å²) in [4.78, 5) is 7.78. The Labute approximate surface area is 308 Å². The monoisotopic (exact) mass is 686 g/mol. The quantitative estimate of drug-likeness (QED) is 0.169. The predicted molar refractivity (Wildman–Crippen MR) is 220 cm³/mol. The van der Waals surface area contributed by atoms with E-state index in [0.29, 0.717) is 0 Å². The van der Waals surface area contributed by atoms with Crippen molar-refractivity contribution in [1.29, 1.82) is 0 Å². The zero-order valence-electron chi connectivity index (χ0n) is 29.6. The Hall–Kier alpha value is -5.65. The van der Waals surface area contributed by atoms with E-state index in [2.05, 4.69) is 177 Å². The third kappa shape index (κ3) is 4.11. The molecule has 0 N–H and O–H groups in total. The molecular weight excluding hydrogens is 651 g/mol. The van der Waals surface area contributed by atoms with Gasteiger partial charge in [0.15, 0.2) is 0 Å². The van der Waals surface area contributed by atoms with Crippen LogP contribution in [0.3, 0.4) is 0 Å². The number of hydrogen-bond donors (Lipinski definition) is 0. The minimum atomic E-state index is -0.0775. The van der Waals surface area contributed by atoms with E-state index in [1.54, 1.807) is 0 Å². The molecule has 3 aliphatic rings. The van der Waals surface area contributed by atoms with Crippen molar-refractivity contribution in [3.63, 3.8) is 0 Å². The van der Waals surface area contributed by atoms with E-state index < -0.39 is 0 Å². The molecule has 0 aliphatic carbocycles. The fourth-order valence-corrected chi connectivity index (χ4v) is 10.0. The molecule has 52 heavy (non-hydrogen) atoms. The van der Waals surface area contributed by atoms with Crippen LogP contribution in [-0.4, -0.2) is 6.85 Å². The van der Waals surface area contributed by atoms with Crippen LogP contribution in [0, 0.1) is 6.92 Å². The fourth-order valence-electron chi connectivity index (χ4n) is 8.94. The first-order valence-electron chi connectivity index (χ1n) is 18.1. The van der Waals surface area contributed by atoms with Crippen molar-refractivity contribution in [3.05, 3.63) is 151 Å². The summed E-state index contributed by atoms with van der Waals surface area (Å²) in [6.07, 6.45) is 0. The van der Waals surface area contributed by atoms with Gasteiger partial charge in [0.25, 0.3) is 0 Å². The number of benzene rings is 7. The summed E-state index contributed by atoms with van der Waals surface area (Å²) in [5.74, 6) is 0. The molecule has 0 radical (unpaired) electrons. The molecule has 0 saturated heterocycles. The molecule has 4 heterocycles. The van der Waals surface area contributed by atoms with E-state index in [1.807, 2.05) is 11.8 Å². The van der Waals surface area contributed by atoms with Crippen molar-refractivity contribution < 1.29 is 4.42 Å². The molecule has 0 fully saturated rings. The summed E-state index contributed by atoms with van der Waals surface area (Å²) >= 11 is 1.88. The number of anilines is 5. The summed E-state index contributed by atoms with van der Waals surface area (Å²) in [6.45, 7) is 9.08. The zero-order valence-corrected chi connectivity index (χ0v) is 30.4. The van der Waals surface area contributed by atoms with Gasteiger partial charge in [-0.25, -0.2) is 0 Å². The lowest BCUT2D eigenvalue weighted by Gasteiger charge is -2.48. The molecule has 0 saturated carbocycles. The highest BCUT2D eigenvalue weighted by Crippen LogP contribution is 2.56. The Balaban J connectivity index is 1.32. The maximum Gasteiger partial charge on any atom is 0.333 e. The molecule has 248 valence electrons. The van der Waals surface area contributed by atoms with Crippen LogP contribution in [0.5, 0.6) is 0 Å². The van der Waals surface area contributed by atoms with Crippen molar-refractivity contribution in [2.45, 2.75) is 42.9 Å². The highest BCUT2D eigenvalue weighted by molar-refractivity contribution is 7.99. The number of aryl methyl sites for hydroxylation is 1. The third-order valence-corrected chi connectivity index (χ3v) is 12.3. The molecule has 11 rings (SSSR count). The lowest BCUT2D eigenvalue weighted by Crippen LogP contribution is -2.62. The fraction of sp³-hybridized carbons (Fsp3) is 0.106. The second kappa shape index (κ2) is 10.7. The highest BCUT2D eigenvalue weighted by atomic mass is 32.2. The van der Waals surface area contributed by atoms with Crippen LogP contribution in [0.15, 0.2) is 154 Å². The van der Waals surface area contributed by atoms with Crippen molar-refractivity contribution in [3.8, 4) is 22.3 Å². The molecule has 0 bridgehead atoms. The number of fused-ring (bicyclic) bond motifs is 10. The molecule has 5 heteroatoms. The van der Waals surface area contributed by atoms with E-state index in [1.165, 1.54) is 87.9 Å². The molecule has 0 unspecified atom stereocenters. The topological polar surface area (TPSA) is 19.6 Å². The summed E-state index contributed by atoms with van der Waals surface area (Å²) in [7, 11) is 0. The predicted octanol–water partition coefficient (Wildman–Crippen LogP) is 12.0. The van der Waals surface area contributed by atoms with E-state index in [4.69, 9.17) is 4.42 Å². The number of para-hydroxylation sites is 3. The second-order valence-corrected chi connectivity index (χ2v) is 16.5. The highest BCUT2D eigenvalue weighted by Gasteiger charge is 2.48. The smallest absolute Gasteiger partial charge is 0.333 e. The molecule has 1 aromatic heterocycles. The van der Waals surface area contributed by atoms with Crippen LogP contribution in [-0.2, 0) is 5.41 Å². The molecule has 0 amide bonds. The Bertz CT molecular complexity index is 2800. The van der Waals surface area contributed by atoms with Crippen LogP contribution in [0.4, 0.5) is 28.4 Å². The Morgan fingerprint density at radius 3 is 2.21 bits per heavy atom. The minimum absolute atomic E-state index is 0.00157. The van der Waals surface area contributed by atoms with E-state index in [-0.39, 0.29) is 12.3 Å². The van der Waals surface area contributed by atoms with E-state index in [0.717, 1.165) is 16.6 Å². The summed E-state index contributed by atoms with van der Waals surface area (Å²) in [5, 5.41) is 2.33. The summed E-state index contributed by atoms with van der Waals surface area (Å²) in [5.41, 5.74) is 18.2. The standard InChI is InChI=1S/C47H35BN2OS/c1-28-25-34-31-16-12-20-42-46(31)50(36-17-9-11-19-41(36)52-42)48-44(34)38(26-28)49(37-23-24-40-43(45(37)48)32-15-8-10-18-39(32)51-40)35-22-21-30(47(2,3)4)27-33(35)29-13-6-5-7-14-29/h5-27H,1-4H3. The third-order valence-electron chi connectivity index (χ3n) is 11.2. The maximum atomic E-state index is 6.66. The average Bonchev–Trinajstić information content (AvgIpc) is 3.54. The van der Waals surface area contributed by atoms with Gasteiger partial charge in [-0.05, 0) is 100 Å². The van der Waals surface area contributed by atoms with Crippen LogP contribution in [0.1, 0.15) is 31.9 Å².